The predicted molar refractivity (Wildman–Crippen MR) is 135 cm³/mol. The van der Waals surface area contributed by atoms with E-state index in [9.17, 15) is 18.0 Å². The van der Waals surface area contributed by atoms with Crippen LogP contribution in [0.25, 0.3) is 0 Å². The highest BCUT2D eigenvalue weighted by Crippen LogP contribution is 2.26. The van der Waals surface area contributed by atoms with Crippen molar-refractivity contribution in [2.24, 2.45) is 0 Å². The number of ether oxygens (including phenoxy) is 1. The highest BCUT2D eigenvalue weighted by atomic mass is 32.2. The van der Waals surface area contributed by atoms with Gasteiger partial charge in [-0.2, -0.15) is 0 Å². The average molecular weight is 496 g/mol. The molecule has 0 heterocycles. The van der Waals surface area contributed by atoms with Gasteiger partial charge in [0.2, 0.25) is 10.0 Å². The Kier molecular flexibility index (Phi) is 8.26. The summed E-state index contributed by atoms with van der Waals surface area (Å²) in [5.41, 5.74) is 3.12. The maximum absolute atomic E-state index is 12.7. The Morgan fingerprint density at radius 1 is 0.943 bits per heavy atom. The van der Waals surface area contributed by atoms with Crippen molar-refractivity contribution in [1.82, 2.24) is 9.62 Å². The van der Waals surface area contributed by atoms with Gasteiger partial charge >= 0.3 is 0 Å². The van der Waals surface area contributed by atoms with Crippen molar-refractivity contribution < 1.29 is 22.7 Å². The zero-order chi connectivity index (χ0) is 25.6. The molecule has 3 aromatic rings. The van der Waals surface area contributed by atoms with Crippen LogP contribution in [0.1, 0.15) is 27.0 Å². The Bertz CT molecular complexity index is 1320. The predicted octanol–water partition coefficient (Wildman–Crippen LogP) is 3.50. The molecule has 8 nitrogen and oxygen atoms in total. The van der Waals surface area contributed by atoms with Crippen LogP contribution in [-0.2, 0) is 21.4 Å². The summed E-state index contributed by atoms with van der Waals surface area (Å²) in [4.78, 5) is 25.4. The lowest BCUT2D eigenvalue weighted by Gasteiger charge is -2.17. The van der Waals surface area contributed by atoms with Crippen molar-refractivity contribution in [1.29, 1.82) is 0 Å². The first-order chi connectivity index (χ1) is 16.6. The van der Waals surface area contributed by atoms with E-state index in [1.807, 2.05) is 30.3 Å². The summed E-state index contributed by atoms with van der Waals surface area (Å²) >= 11 is 0. The Morgan fingerprint density at radius 2 is 1.60 bits per heavy atom. The molecule has 0 bridgehead atoms. The van der Waals surface area contributed by atoms with Crippen LogP contribution in [0, 0.1) is 13.8 Å². The van der Waals surface area contributed by atoms with E-state index in [1.54, 1.807) is 44.2 Å². The minimum Gasteiger partial charge on any atom is -0.483 e. The second kappa shape index (κ2) is 11.2. The fourth-order valence-electron chi connectivity index (χ4n) is 3.30. The molecular formula is C26H29N3O5S. The van der Waals surface area contributed by atoms with Crippen LogP contribution >= 0.6 is 0 Å². The van der Waals surface area contributed by atoms with Gasteiger partial charge in [0, 0.05) is 26.3 Å². The number of hydrogen-bond acceptors (Lipinski definition) is 5. The molecule has 0 aliphatic carbocycles. The van der Waals surface area contributed by atoms with Gasteiger partial charge in [0.1, 0.15) is 5.75 Å². The topological polar surface area (TPSA) is 105 Å². The van der Waals surface area contributed by atoms with Gasteiger partial charge in [0.25, 0.3) is 11.8 Å². The van der Waals surface area contributed by atoms with Crippen molar-refractivity contribution in [2.45, 2.75) is 25.3 Å². The summed E-state index contributed by atoms with van der Waals surface area (Å²) < 4.78 is 31.8. The summed E-state index contributed by atoms with van der Waals surface area (Å²) in [5.74, 6) is -0.533. The lowest BCUT2D eigenvalue weighted by Crippen LogP contribution is -2.25. The number of para-hydroxylation sites is 1. The van der Waals surface area contributed by atoms with E-state index in [0.29, 0.717) is 17.8 Å². The first-order valence-electron chi connectivity index (χ1n) is 11.0. The molecule has 0 spiro atoms. The maximum atomic E-state index is 12.7. The summed E-state index contributed by atoms with van der Waals surface area (Å²) in [6, 6.07) is 19.2. The van der Waals surface area contributed by atoms with Crippen molar-refractivity contribution in [3.05, 3.63) is 89.0 Å². The Morgan fingerprint density at radius 3 is 2.29 bits per heavy atom. The molecule has 9 heteroatoms. The van der Waals surface area contributed by atoms with Gasteiger partial charge in [0.05, 0.1) is 10.5 Å². The molecule has 3 aromatic carbocycles. The standard InChI is InChI=1S/C26H29N3O5S/c1-18-14-21(35(32,33)29(3)4)15-23(19(18)2)28-25(30)17-34-24-13-9-8-12-22(24)26(31)27-16-20-10-6-5-7-11-20/h5-15H,16-17H2,1-4H3,(H,27,31)(H,28,30). The van der Waals surface area contributed by atoms with Crippen LogP contribution in [0.5, 0.6) is 5.75 Å². The van der Waals surface area contributed by atoms with E-state index in [4.69, 9.17) is 4.74 Å². The molecule has 2 N–H and O–H groups in total. The molecule has 0 unspecified atom stereocenters. The van der Waals surface area contributed by atoms with E-state index >= 15 is 0 Å². The summed E-state index contributed by atoms with van der Waals surface area (Å²) in [6.45, 7) is 3.58. The van der Waals surface area contributed by atoms with Crippen molar-refractivity contribution in [3.8, 4) is 5.75 Å². The van der Waals surface area contributed by atoms with Crippen LogP contribution in [0.2, 0.25) is 0 Å². The van der Waals surface area contributed by atoms with E-state index in [1.165, 1.54) is 20.2 Å². The zero-order valence-corrected chi connectivity index (χ0v) is 21.0. The number of nitrogens with one attached hydrogen (secondary N) is 2. The number of nitrogens with zero attached hydrogens (tertiary/aromatic N) is 1. The number of sulfonamides is 1. The fraction of sp³-hybridized carbons (Fsp3) is 0.231. The van der Waals surface area contributed by atoms with Crippen LogP contribution in [0.3, 0.4) is 0 Å². The molecule has 184 valence electrons. The molecule has 0 aromatic heterocycles. The van der Waals surface area contributed by atoms with Crippen LogP contribution in [-0.4, -0.2) is 45.2 Å². The van der Waals surface area contributed by atoms with Gasteiger partial charge in [0.15, 0.2) is 6.61 Å². The summed E-state index contributed by atoms with van der Waals surface area (Å²) in [6.07, 6.45) is 0. The molecule has 2 amide bonds. The van der Waals surface area contributed by atoms with Gasteiger partial charge in [-0.3, -0.25) is 9.59 Å². The Balaban J connectivity index is 1.69. The first-order valence-corrected chi connectivity index (χ1v) is 12.4. The summed E-state index contributed by atoms with van der Waals surface area (Å²) in [5, 5.41) is 5.57. The molecule has 0 radical (unpaired) electrons. The molecule has 0 fully saturated rings. The molecule has 3 rings (SSSR count). The number of aryl methyl sites for hydroxylation is 1. The van der Waals surface area contributed by atoms with Gasteiger partial charge < -0.3 is 15.4 Å². The van der Waals surface area contributed by atoms with Crippen LogP contribution in [0.4, 0.5) is 5.69 Å². The average Bonchev–Trinajstić information content (AvgIpc) is 2.84. The number of rotatable bonds is 9. The monoisotopic (exact) mass is 495 g/mol. The number of carbonyl (C=O) groups excluding carboxylic acids is 2. The van der Waals surface area contributed by atoms with Crippen molar-refractivity contribution in [2.75, 3.05) is 26.0 Å². The van der Waals surface area contributed by atoms with Crippen molar-refractivity contribution in [3.63, 3.8) is 0 Å². The SMILES string of the molecule is Cc1cc(S(=O)(=O)N(C)C)cc(NC(=O)COc2ccccc2C(=O)NCc2ccccc2)c1C. The van der Waals surface area contributed by atoms with Crippen LogP contribution in [0.15, 0.2) is 71.6 Å². The Hall–Kier alpha value is -3.69. The normalized spacial score (nSPS) is 11.2. The van der Waals surface area contributed by atoms with E-state index in [0.717, 1.165) is 21.0 Å². The summed E-state index contributed by atoms with van der Waals surface area (Å²) in [7, 11) is -0.767. The largest absolute Gasteiger partial charge is 0.483 e. The molecule has 0 aliphatic heterocycles. The molecule has 0 atom stereocenters. The maximum Gasteiger partial charge on any atom is 0.262 e. The number of benzene rings is 3. The molecule has 0 aliphatic rings. The highest BCUT2D eigenvalue weighted by molar-refractivity contribution is 7.89. The van der Waals surface area contributed by atoms with Gasteiger partial charge in [-0.05, 0) is 54.8 Å². The van der Waals surface area contributed by atoms with Gasteiger partial charge in [-0.25, -0.2) is 12.7 Å². The zero-order valence-electron chi connectivity index (χ0n) is 20.2. The third kappa shape index (κ3) is 6.46. The van der Waals surface area contributed by atoms with Gasteiger partial charge in [-0.15, -0.1) is 0 Å². The molecule has 0 saturated carbocycles. The second-order valence-electron chi connectivity index (χ2n) is 8.20. The number of anilines is 1. The third-order valence-electron chi connectivity index (χ3n) is 5.48. The van der Waals surface area contributed by atoms with Gasteiger partial charge in [-0.1, -0.05) is 42.5 Å². The van der Waals surface area contributed by atoms with E-state index < -0.39 is 15.9 Å². The quantitative estimate of drug-likeness (QED) is 0.473. The molecular weight excluding hydrogens is 466 g/mol. The molecule has 35 heavy (non-hydrogen) atoms. The van der Waals surface area contributed by atoms with Crippen molar-refractivity contribution >= 4 is 27.5 Å². The van der Waals surface area contributed by atoms with E-state index in [2.05, 4.69) is 10.6 Å². The first kappa shape index (κ1) is 25.9. The number of hydrogen-bond donors (Lipinski definition) is 2. The second-order valence-corrected chi connectivity index (χ2v) is 10.4. The lowest BCUT2D eigenvalue weighted by molar-refractivity contribution is -0.118. The molecule has 0 saturated heterocycles. The highest BCUT2D eigenvalue weighted by Gasteiger charge is 2.20. The lowest BCUT2D eigenvalue weighted by atomic mass is 10.1. The number of amides is 2. The van der Waals surface area contributed by atoms with Crippen LogP contribution < -0.4 is 15.4 Å². The fourth-order valence-corrected chi connectivity index (χ4v) is 4.31. The third-order valence-corrected chi connectivity index (χ3v) is 7.27. The smallest absolute Gasteiger partial charge is 0.262 e. The Labute approximate surface area is 206 Å². The van der Waals surface area contributed by atoms with E-state index in [-0.39, 0.29) is 23.2 Å². The minimum absolute atomic E-state index is 0.0854. The number of carbonyl (C=O) groups is 2. The minimum atomic E-state index is -3.66.